The second-order valence-electron chi connectivity index (χ2n) is 12.4. The maximum atomic E-state index is 11.9. The molecule has 0 aromatic heterocycles. The Labute approximate surface area is 270 Å². The van der Waals surface area contributed by atoms with E-state index in [1.54, 1.807) is 6.07 Å². The van der Waals surface area contributed by atoms with Crippen LogP contribution in [0.1, 0.15) is 71.4 Å². The van der Waals surface area contributed by atoms with Crippen LogP contribution in [0.2, 0.25) is 0 Å². The zero-order valence-corrected chi connectivity index (χ0v) is 29.1. The molecule has 11 heteroatoms. The van der Waals surface area contributed by atoms with Gasteiger partial charge in [0, 0.05) is 52.0 Å². The van der Waals surface area contributed by atoms with E-state index < -0.39 is 25.7 Å². The predicted octanol–water partition coefficient (Wildman–Crippen LogP) is 7.29. The Kier molecular flexibility index (Phi) is 10.2. The van der Waals surface area contributed by atoms with Crippen molar-refractivity contribution in [3.8, 4) is 0 Å². The number of nitrogens with zero attached hydrogens (tertiary/aromatic N) is 2. The Hall–Kier alpha value is -2.57. The minimum atomic E-state index is -4.40. The van der Waals surface area contributed by atoms with E-state index in [0.29, 0.717) is 13.0 Å². The lowest BCUT2D eigenvalue weighted by Crippen LogP contribution is -2.28. The van der Waals surface area contributed by atoms with E-state index in [9.17, 15) is 21.4 Å². The van der Waals surface area contributed by atoms with Crippen LogP contribution in [0.5, 0.6) is 0 Å². The highest BCUT2D eigenvalue weighted by Gasteiger charge is 2.44. The molecule has 0 saturated carbocycles. The molecule has 0 radical (unpaired) electrons. The van der Waals surface area contributed by atoms with Crippen molar-refractivity contribution < 1.29 is 30.5 Å². The first-order valence-electron chi connectivity index (χ1n) is 14.8. The number of allylic oxidation sites excluding steroid dienone is 6. The van der Waals surface area contributed by atoms with E-state index in [2.05, 4.69) is 71.6 Å². The third-order valence-corrected chi connectivity index (χ3v) is 10.7. The summed E-state index contributed by atoms with van der Waals surface area (Å²) in [5.74, 6) is -0.331. The van der Waals surface area contributed by atoms with Gasteiger partial charge < -0.3 is 4.90 Å². The third kappa shape index (κ3) is 7.28. The standard InChI is InChI=1S/C33H41BrN2O6S2/c1-6-7-20-35-28-13-9-8-12-26(28)32(2,3)30(35)18-14-24(34)15-19-31-33(4,5)27-23-25(44(40,41)42)16-17-29(27)36(31)21-10-11-22-43(37,38)39/h8-9,12-19,23H,6-7,10-11,20-22H2,1-5H3,(H-,37,38,39,40,41,42)/p+1. The molecule has 238 valence electrons. The van der Waals surface area contributed by atoms with Crippen molar-refractivity contribution in [2.45, 2.75) is 76.0 Å². The van der Waals surface area contributed by atoms with E-state index >= 15 is 0 Å². The molecule has 2 aromatic carbocycles. The summed E-state index contributed by atoms with van der Waals surface area (Å²) in [5.41, 5.74) is 5.40. The number of hydrogen-bond acceptors (Lipinski definition) is 5. The minimum absolute atomic E-state index is 0.161. The second kappa shape index (κ2) is 13.0. The number of hydrogen-bond donors (Lipinski definition) is 2. The molecule has 2 N–H and O–H groups in total. The van der Waals surface area contributed by atoms with Crippen LogP contribution < -0.4 is 4.90 Å². The van der Waals surface area contributed by atoms with E-state index in [1.165, 1.54) is 29.1 Å². The Morgan fingerprint density at radius 3 is 2.32 bits per heavy atom. The summed E-state index contributed by atoms with van der Waals surface area (Å²) in [6.07, 6.45) is 11.1. The van der Waals surface area contributed by atoms with E-state index in [4.69, 9.17) is 4.55 Å². The fourth-order valence-corrected chi connectivity index (χ4v) is 7.52. The molecule has 44 heavy (non-hydrogen) atoms. The molecule has 0 atom stereocenters. The van der Waals surface area contributed by atoms with Crippen molar-refractivity contribution in [2.24, 2.45) is 0 Å². The number of para-hydroxylation sites is 1. The Bertz CT molecular complexity index is 1770. The summed E-state index contributed by atoms with van der Waals surface area (Å²) < 4.78 is 68.5. The minimum Gasteiger partial charge on any atom is -0.344 e. The molecule has 0 saturated heterocycles. The van der Waals surface area contributed by atoms with Gasteiger partial charge in [-0.3, -0.25) is 9.11 Å². The Morgan fingerprint density at radius 2 is 1.66 bits per heavy atom. The van der Waals surface area contributed by atoms with Crippen LogP contribution in [-0.4, -0.2) is 55.1 Å². The van der Waals surface area contributed by atoms with E-state index in [0.717, 1.165) is 40.8 Å². The number of rotatable bonds is 12. The molecule has 0 aliphatic carbocycles. The molecule has 2 aliphatic rings. The predicted molar refractivity (Wildman–Crippen MR) is 181 cm³/mol. The highest BCUT2D eigenvalue weighted by atomic mass is 79.9. The fourth-order valence-electron chi connectivity index (χ4n) is 6.18. The van der Waals surface area contributed by atoms with Crippen LogP contribution in [0.3, 0.4) is 0 Å². The molecule has 4 rings (SSSR count). The number of benzene rings is 2. The molecular weight excluding hydrogens is 664 g/mol. The van der Waals surface area contributed by atoms with E-state index in [-0.39, 0.29) is 22.5 Å². The zero-order valence-electron chi connectivity index (χ0n) is 25.9. The third-order valence-electron chi connectivity index (χ3n) is 8.53. The molecule has 2 aliphatic heterocycles. The van der Waals surface area contributed by atoms with Crippen molar-refractivity contribution in [2.75, 3.05) is 23.7 Å². The summed E-state index contributed by atoms with van der Waals surface area (Å²) in [6.45, 7) is 12.1. The van der Waals surface area contributed by atoms with Crippen LogP contribution in [-0.2, 0) is 31.1 Å². The van der Waals surface area contributed by atoms with Crippen molar-refractivity contribution in [3.63, 3.8) is 0 Å². The van der Waals surface area contributed by atoms with Gasteiger partial charge >= 0.3 is 0 Å². The quantitative estimate of drug-likeness (QED) is 0.103. The van der Waals surface area contributed by atoms with Gasteiger partial charge in [0.25, 0.3) is 20.2 Å². The molecule has 0 spiro atoms. The Balaban J connectivity index is 1.69. The summed E-state index contributed by atoms with van der Waals surface area (Å²) >= 11 is 3.73. The van der Waals surface area contributed by atoms with Gasteiger partial charge in [0.1, 0.15) is 6.54 Å². The summed E-state index contributed by atoms with van der Waals surface area (Å²) in [6, 6.07) is 13.1. The van der Waals surface area contributed by atoms with Crippen molar-refractivity contribution in [1.29, 1.82) is 0 Å². The number of fused-ring (bicyclic) bond motifs is 2. The van der Waals surface area contributed by atoms with Gasteiger partial charge in [-0.25, -0.2) is 0 Å². The van der Waals surface area contributed by atoms with Crippen molar-refractivity contribution in [1.82, 2.24) is 0 Å². The van der Waals surface area contributed by atoms with E-state index in [1.807, 2.05) is 37.0 Å². The average Bonchev–Trinajstić information content (AvgIpc) is 3.28. The lowest BCUT2D eigenvalue weighted by molar-refractivity contribution is -0.438. The SMILES string of the molecule is CCCC[N+]1=C(/C=C/C(Br)=C/C=C2/N(CCCCS(=O)(=O)O)c3ccc(S(=O)(=O)O)cc3C2(C)C)C(C)(C)c2ccccc21. The molecule has 2 aromatic rings. The van der Waals surface area contributed by atoms with Gasteiger partial charge in [0.15, 0.2) is 5.71 Å². The summed E-state index contributed by atoms with van der Waals surface area (Å²) in [4.78, 5) is 1.87. The monoisotopic (exact) mass is 705 g/mol. The fraction of sp³-hybridized carbons (Fsp3) is 0.424. The van der Waals surface area contributed by atoms with Gasteiger partial charge in [0.2, 0.25) is 5.69 Å². The summed E-state index contributed by atoms with van der Waals surface area (Å²) in [7, 11) is -8.46. The first-order valence-corrected chi connectivity index (χ1v) is 18.7. The molecule has 0 unspecified atom stereocenters. The second-order valence-corrected chi connectivity index (χ2v) is 16.3. The van der Waals surface area contributed by atoms with Gasteiger partial charge in [0.05, 0.1) is 16.1 Å². The zero-order chi connectivity index (χ0) is 32.5. The van der Waals surface area contributed by atoms with Crippen molar-refractivity contribution >= 4 is 53.3 Å². The van der Waals surface area contributed by atoms with Crippen LogP contribution in [0.25, 0.3) is 0 Å². The molecule has 0 fully saturated rings. The van der Waals surface area contributed by atoms with Crippen LogP contribution in [0.15, 0.2) is 81.8 Å². The molecule has 0 bridgehead atoms. The molecule has 2 heterocycles. The average molecular weight is 707 g/mol. The van der Waals surface area contributed by atoms with Gasteiger partial charge in [-0.1, -0.05) is 61.3 Å². The number of halogens is 1. The summed E-state index contributed by atoms with van der Waals surface area (Å²) in [5, 5.41) is 0. The molecule has 0 amide bonds. The Morgan fingerprint density at radius 1 is 0.955 bits per heavy atom. The van der Waals surface area contributed by atoms with Gasteiger partial charge in [-0.2, -0.15) is 21.4 Å². The molecular formula is C33H42BrN2O6S2+. The smallest absolute Gasteiger partial charge is 0.294 e. The largest absolute Gasteiger partial charge is 0.344 e. The normalized spacial score (nSPS) is 18.9. The van der Waals surface area contributed by atoms with Crippen LogP contribution in [0, 0.1) is 0 Å². The lowest BCUT2D eigenvalue weighted by Gasteiger charge is -2.27. The maximum absolute atomic E-state index is 11.9. The highest BCUT2D eigenvalue weighted by Crippen LogP contribution is 2.48. The number of anilines is 1. The lowest BCUT2D eigenvalue weighted by atomic mass is 9.81. The number of unbranched alkanes of at least 4 members (excludes halogenated alkanes) is 2. The van der Waals surface area contributed by atoms with Crippen LogP contribution in [0.4, 0.5) is 11.4 Å². The maximum Gasteiger partial charge on any atom is 0.294 e. The van der Waals surface area contributed by atoms with Crippen LogP contribution >= 0.6 is 15.9 Å². The molecule has 8 nitrogen and oxygen atoms in total. The highest BCUT2D eigenvalue weighted by molar-refractivity contribution is 9.11. The first-order chi connectivity index (χ1) is 20.5. The first kappa shape index (κ1) is 34.3. The topological polar surface area (TPSA) is 115 Å². The van der Waals surface area contributed by atoms with Gasteiger partial charge in [-0.05, 0) is 68.7 Å². The van der Waals surface area contributed by atoms with Gasteiger partial charge in [-0.15, -0.1) is 0 Å². The van der Waals surface area contributed by atoms with Crippen molar-refractivity contribution in [3.05, 3.63) is 88.1 Å².